The number of rotatable bonds is 4. The maximum absolute atomic E-state index is 11.1. The largest absolute Gasteiger partial charge is 0.326 e. The fourth-order valence-corrected chi connectivity index (χ4v) is 3.26. The van der Waals surface area contributed by atoms with Crippen LogP contribution in [0.3, 0.4) is 0 Å². The number of fused-ring (bicyclic) bond motifs is 2. The van der Waals surface area contributed by atoms with Crippen molar-refractivity contribution in [3.8, 4) is 11.1 Å². The molecule has 0 unspecified atom stereocenters. The lowest BCUT2D eigenvalue weighted by Gasteiger charge is -2.04. The van der Waals surface area contributed by atoms with Crippen LogP contribution in [0, 0.1) is 0 Å². The fourth-order valence-electron chi connectivity index (χ4n) is 3.26. The van der Waals surface area contributed by atoms with Gasteiger partial charge in [0.1, 0.15) is 0 Å². The Bertz CT molecular complexity index is 1330. The maximum atomic E-state index is 11.1. The SMILES string of the molecule is CC(=O)Nc1ccc(Nc2nc3c(-c4ccc5[nH]ncc5c4)cccn3n2)cc1. The standard InChI is InChI=1S/C21H17N7O/c1-13(29)23-16-5-7-17(8-6-16)24-21-25-20-18(3-2-10-28(20)27-21)14-4-9-19-15(11-14)12-22-26-19/h2-12H,1H3,(H,22,26)(H,23,29)(H,24,27). The van der Waals surface area contributed by atoms with Gasteiger partial charge in [0.2, 0.25) is 11.9 Å². The summed E-state index contributed by atoms with van der Waals surface area (Å²) in [4.78, 5) is 15.8. The lowest BCUT2D eigenvalue weighted by atomic mass is 10.1. The van der Waals surface area contributed by atoms with Crippen molar-refractivity contribution in [1.29, 1.82) is 0 Å². The van der Waals surface area contributed by atoms with Crippen molar-refractivity contribution in [2.75, 3.05) is 10.6 Å². The number of carbonyl (C=O) groups is 1. The Labute approximate surface area is 165 Å². The number of anilines is 3. The number of benzene rings is 2. The number of carbonyl (C=O) groups excluding carboxylic acids is 1. The summed E-state index contributed by atoms with van der Waals surface area (Å²) in [7, 11) is 0. The average Bonchev–Trinajstić information content (AvgIpc) is 3.34. The number of H-pyrrole nitrogens is 1. The number of amides is 1. The highest BCUT2D eigenvalue weighted by Crippen LogP contribution is 2.27. The van der Waals surface area contributed by atoms with Gasteiger partial charge in [-0.15, -0.1) is 5.10 Å². The van der Waals surface area contributed by atoms with Gasteiger partial charge in [-0.05, 0) is 54.1 Å². The predicted molar refractivity (Wildman–Crippen MR) is 112 cm³/mol. The molecule has 3 N–H and O–H groups in total. The van der Waals surface area contributed by atoms with E-state index in [0.717, 1.165) is 39.1 Å². The molecule has 0 aliphatic carbocycles. The number of hydrogen-bond acceptors (Lipinski definition) is 5. The van der Waals surface area contributed by atoms with E-state index in [1.54, 1.807) is 10.7 Å². The van der Waals surface area contributed by atoms with E-state index in [4.69, 9.17) is 0 Å². The second kappa shape index (κ2) is 6.75. The molecule has 0 fully saturated rings. The molecule has 0 aliphatic heterocycles. The van der Waals surface area contributed by atoms with Crippen molar-refractivity contribution >= 4 is 39.8 Å². The van der Waals surface area contributed by atoms with E-state index in [1.807, 2.05) is 54.7 Å². The molecule has 142 valence electrons. The topological polar surface area (TPSA) is 100 Å². The van der Waals surface area contributed by atoms with Crippen molar-refractivity contribution in [1.82, 2.24) is 24.8 Å². The number of aromatic amines is 1. The van der Waals surface area contributed by atoms with Crippen LogP contribution in [-0.4, -0.2) is 30.7 Å². The average molecular weight is 383 g/mol. The van der Waals surface area contributed by atoms with Gasteiger partial charge in [-0.2, -0.15) is 10.1 Å². The molecule has 3 heterocycles. The molecule has 8 heteroatoms. The lowest BCUT2D eigenvalue weighted by Crippen LogP contribution is -2.05. The van der Waals surface area contributed by atoms with Gasteiger partial charge in [0.15, 0.2) is 5.65 Å². The van der Waals surface area contributed by atoms with E-state index < -0.39 is 0 Å². The zero-order valence-corrected chi connectivity index (χ0v) is 15.5. The van der Waals surface area contributed by atoms with Crippen molar-refractivity contribution in [2.45, 2.75) is 6.92 Å². The third kappa shape index (κ3) is 3.27. The first-order valence-electron chi connectivity index (χ1n) is 9.09. The van der Waals surface area contributed by atoms with Crippen LogP contribution < -0.4 is 10.6 Å². The molecule has 0 bridgehead atoms. The molecule has 5 aromatic rings. The highest BCUT2D eigenvalue weighted by molar-refractivity contribution is 5.89. The van der Waals surface area contributed by atoms with Crippen LogP contribution in [0.1, 0.15) is 6.92 Å². The third-order valence-electron chi connectivity index (χ3n) is 4.57. The minimum atomic E-state index is -0.103. The van der Waals surface area contributed by atoms with Crippen LogP contribution in [0.25, 0.3) is 27.7 Å². The Kier molecular flexibility index (Phi) is 3.94. The van der Waals surface area contributed by atoms with Crippen molar-refractivity contribution < 1.29 is 4.79 Å². The van der Waals surface area contributed by atoms with Crippen LogP contribution in [0.4, 0.5) is 17.3 Å². The number of hydrogen-bond donors (Lipinski definition) is 3. The fraction of sp³-hybridized carbons (Fsp3) is 0.0476. The second-order valence-corrected chi connectivity index (χ2v) is 6.68. The smallest absolute Gasteiger partial charge is 0.247 e. The summed E-state index contributed by atoms with van der Waals surface area (Å²) < 4.78 is 1.75. The van der Waals surface area contributed by atoms with E-state index in [9.17, 15) is 4.79 Å². The van der Waals surface area contributed by atoms with Crippen molar-refractivity contribution in [2.24, 2.45) is 0 Å². The molecule has 0 radical (unpaired) electrons. The monoisotopic (exact) mass is 383 g/mol. The van der Waals surface area contributed by atoms with Gasteiger partial charge in [0.25, 0.3) is 0 Å². The van der Waals surface area contributed by atoms with E-state index in [0.29, 0.717) is 5.95 Å². The lowest BCUT2D eigenvalue weighted by molar-refractivity contribution is -0.114. The first-order valence-corrected chi connectivity index (χ1v) is 9.09. The summed E-state index contributed by atoms with van der Waals surface area (Å²) in [5, 5.41) is 18.6. The molecule has 0 saturated carbocycles. The molecule has 3 aromatic heterocycles. The normalized spacial score (nSPS) is 11.1. The molecule has 0 atom stereocenters. The van der Waals surface area contributed by atoms with E-state index >= 15 is 0 Å². The highest BCUT2D eigenvalue weighted by Gasteiger charge is 2.11. The van der Waals surface area contributed by atoms with Crippen LogP contribution in [0.15, 0.2) is 67.0 Å². The summed E-state index contributed by atoms with van der Waals surface area (Å²) >= 11 is 0. The van der Waals surface area contributed by atoms with Gasteiger partial charge in [-0.3, -0.25) is 9.89 Å². The Hall–Kier alpha value is -4.20. The molecule has 8 nitrogen and oxygen atoms in total. The van der Waals surface area contributed by atoms with Gasteiger partial charge < -0.3 is 10.6 Å². The molecule has 0 aliphatic rings. The highest BCUT2D eigenvalue weighted by atomic mass is 16.1. The Balaban J connectivity index is 1.47. The third-order valence-corrected chi connectivity index (χ3v) is 4.57. The maximum Gasteiger partial charge on any atom is 0.247 e. The van der Waals surface area contributed by atoms with Gasteiger partial charge in [-0.25, -0.2) is 4.52 Å². The van der Waals surface area contributed by atoms with Gasteiger partial charge in [-0.1, -0.05) is 6.07 Å². The van der Waals surface area contributed by atoms with Crippen molar-refractivity contribution in [3.63, 3.8) is 0 Å². The van der Waals surface area contributed by atoms with Crippen LogP contribution >= 0.6 is 0 Å². The molecular weight excluding hydrogens is 366 g/mol. The van der Waals surface area contributed by atoms with Crippen LogP contribution in [-0.2, 0) is 4.79 Å². The number of pyridine rings is 1. The van der Waals surface area contributed by atoms with E-state index in [-0.39, 0.29) is 5.91 Å². The minimum Gasteiger partial charge on any atom is -0.326 e. The summed E-state index contributed by atoms with van der Waals surface area (Å²) in [6.45, 7) is 1.48. The van der Waals surface area contributed by atoms with E-state index in [2.05, 4.69) is 37.0 Å². The second-order valence-electron chi connectivity index (χ2n) is 6.68. The Morgan fingerprint density at radius 2 is 1.90 bits per heavy atom. The quantitative estimate of drug-likeness (QED) is 0.436. The molecule has 29 heavy (non-hydrogen) atoms. The zero-order valence-electron chi connectivity index (χ0n) is 15.5. The molecule has 0 saturated heterocycles. The first kappa shape index (κ1) is 16.9. The molecular formula is C21H17N7O. The van der Waals surface area contributed by atoms with Gasteiger partial charge in [0.05, 0.1) is 11.7 Å². The Morgan fingerprint density at radius 3 is 2.72 bits per heavy atom. The summed E-state index contributed by atoms with van der Waals surface area (Å²) in [5.41, 5.74) is 5.35. The summed E-state index contributed by atoms with van der Waals surface area (Å²) in [5.74, 6) is 0.392. The first-order chi connectivity index (χ1) is 14.2. The minimum absolute atomic E-state index is 0.103. The van der Waals surface area contributed by atoms with Crippen LogP contribution in [0.5, 0.6) is 0 Å². The van der Waals surface area contributed by atoms with Crippen LogP contribution in [0.2, 0.25) is 0 Å². The molecule has 2 aromatic carbocycles. The number of nitrogens with one attached hydrogen (secondary N) is 3. The predicted octanol–water partition coefficient (Wildman–Crippen LogP) is 3.97. The van der Waals surface area contributed by atoms with Gasteiger partial charge in [0, 0.05) is 35.4 Å². The molecule has 5 rings (SSSR count). The summed E-state index contributed by atoms with van der Waals surface area (Å²) in [6.07, 6.45) is 3.67. The van der Waals surface area contributed by atoms with E-state index in [1.165, 1.54) is 6.92 Å². The zero-order chi connectivity index (χ0) is 19.8. The Morgan fingerprint density at radius 1 is 1.07 bits per heavy atom. The number of aromatic nitrogens is 5. The van der Waals surface area contributed by atoms with Gasteiger partial charge >= 0.3 is 0 Å². The molecule has 0 spiro atoms. The molecule has 1 amide bonds. The van der Waals surface area contributed by atoms with Crippen molar-refractivity contribution in [3.05, 3.63) is 67.0 Å². The number of nitrogens with zero attached hydrogens (tertiary/aromatic N) is 4. The summed E-state index contributed by atoms with van der Waals surface area (Å²) in [6, 6.07) is 17.5.